The number of benzene rings is 2. The molecule has 0 spiro atoms. The first-order chi connectivity index (χ1) is 15.9. The normalized spacial score (nSPS) is 11.9. The van der Waals surface area contributed by atoms with Crippen molar-refractivity contribution < 1.29 is 28.7 Å². The SMILES string of the molecule is CC(C)(C)OC(=O)Nc1ccc(-c2cccs2)cc1NC(=O)/C=C/c1cccc(P(=O)(O)O)c1. The van der Waals surface area contributed by atoms with E-state index in [1.807, 2.05) is 23.6 Å². The molecule has 0 saturated carbocycles. The van der Waals surface area contributed by atoms with Gasteiger partial charge in [-0.3, -0.25) is 14.7 Å². The second kappa shape index (κ2) is 10.4. The van der Waals surface area contributed by atoms with Gasteiger partial charge in [-0.2, -0.15) is 0 Å². The second-order valence-electron chi connectivity index (χ2n) is 8.33. The zero-order valence-electron chi connectivity index (χ0n) is 18.8. The fraction of sp³-hybridized carbons (Fsp3) is 0.167. The molecule has 0 radical (unpaired) electrons. The van der Waals surface area contributed by atoms with E-state index in [9.17, 15) is 23.9 Å². The summed E-state index contributed by atoms with van der Waals surface area (Å²) < 4.78 is 16.8. The topological polar surface area (TPSA) is 125 Å². The van der Waals surface area contributed by atoms with E-state index in [1.54, 1.807) is 39.0 Å². The molecule has 178 valence electrons. The molecular formula is C24H25N2O6PS. The maximum Gasteiger partial charge on any atom is 0.412 e. The third-order valence-corrected chi connectivity index (χ3v) is 6.22. The van der Waals surface area contributed by atoms with Gasteiger partial charge in [-0.15, -0.1) is 11.3 Å². The van der Waals surface area contributed by atoms with Gasteiger partial charge in [-0.25, -0.2) is 4.79 Å². The van der Waals surface area contributed by atoms with Crippen molar-refractivity contribution in [3.8, 4) is 10.4 Å². The molecule has 0 bridgehead atoms. The standard InChI is InChI=1S/C24H25N2O6PS/c1-24(2,3)32-23(28)26-19-11-10-17(21-8-5-13-34-21)15-20(19)25-22(27)12-9-16-6-4-7-18(14-16)33(29,30)31/h4-15H,1-3H3,(H,25,27)(H,26,28)(H2,29,30,31)/b12-9+. The van der Waals surface area contributed by atoms with Crippen molar-refractivity contribution in [3.63, 3.8) is 0 Å². The van der Waals surface area contributed by atoms with Crippen molar-refractivity contribution in [2.45, 2.75) is 26.4 Å². The van der Waals surface area contributed by atoms with Crippen LogP contribution < -0.4 is 15.9 Å². The quantitative estimate of drug-likeness (QED) is 0.272. The number of carbonyl (C=O) groups is 2. The van der Waals surface area contributed by atoms with E-state index >= 15 is 0 Å². The van der Waals surface area contributed by atoms with Gasteiger partial charge >= 0.3 is 13.7 Å². The first-order valence-corrected chi connectivity index (χ1v) is 12.7. The minimum Gasteiger partial charge on any atom is -0.444 e. The lowest BCUT2D eigenvalue weighted by atomic mass is 10.1. The third kappa shape index (κ3) is 7.40. The van der Waals surface area contributed by atoms with Crippen LogP contribution in [-0.2, 0) is 14.1 Å². The highest BCUT2D eigenvalue weighted by molar-refractivity contribution is 7.60. The first kappa shape index (κ1) is 25.4. The fourth-order valence-electron chi connectivity index (χ4n) is 2.92. The van der Waals surface area contributed by atoms with E-state index in [-0.39, 0.29) is 5.30 Å². The number of hydrogen-bond donors (Lipinski definition) is 4. The van der Waals surface area contributed by atoms with Crippen LogP contribution in [0.1, 0.15) is 26.3 Å². The van der Waals surface area contributed by atoms with Crippen LogP contribution in [0.15, 0.2) is 66.1 Å². The number of nitrogens with one attached hydrogen (secondary N) is 2. The number of anilines is 2. The summed E-state index contributed by atoms with van der Waals surface area (Å²) in [5.41, 5.74) is 1.36. The average Bonchev–Trinajstić information content (AvgIpc) is 3.27. The highest BCUT2D eigenvalue weighted by Crippen LogP contribution is 2.33. The molecule has 0 aliphatic carbocycles. The van der Waals surface area contributed by atoms with Crippen molar-refractivity contribution in [1.82, 2.24) is 0 Å². The molecule has 0 unspecified atom stereocenters. The van der Waals surface area contributed by atoms with Crippen molar-refractivity contribution >= 4 is 53.7 Å². The van der Waals surface area contributed by atoms with Crippen LogP contribution in [0.2, 0.25) is 0 Å². The van der Waals surface area contributed by atoms with Crippen LogP contribution >= 0.6 is 18.9 Å². The number of thiophene rings is 1. The maximum absolute atomic E-state index is 12.6. The number of ether oxygens (including phenoxy) is 1. The van der Waals surface area contributed by atoms with E-state index < -0.39 is 25.2 Å². The van der Waals surface area contributed by atoms with Crippen LogP contribution in [0, 0.1) is 0 Å². The average molecular weight is 501 g/mol. The Morgan fingerprint density at radius 2 is 1.76 bits per heavy atom. The number of amides is 2. The number of carbonyl (C=O) groups excluding carboxylic acids is 2. The molecule has 8 nitrogen and oxygen atoms in total. The molecule has 0 aliphatic heterocycles. The summed E-state index contributed by atoms with van der Waals surface area (Å²) in [7, 11) is -4.40. The Labute approximate surface area is 201 Å². The summed E-state index contributed by atoms with van der Waals surface area (Å²) in [6.45, 7) is 5.25. The summed E-state index contributed by atoms with van der Waals surface area (Å²) >= 11 is 1.54. The van der Waals surface area contributed by atoms with Gasteiger partial charge in [-0.1, -0.05) is 24.3 Å². The van der Waals surface area contributed by atoms with E-state index in [1.165, 1.54) is 41.7 Å². The zero-order valence-corrected chi connectivity index (χ0v) is 20.5. The molecule has 1 heterocycles. The van der Waals surface area contributed by atoms with E-state index in [0.29, 0.717) is 16.9 Å². The molecule has 0 atom stereocenters. The number of rotatable bonds is 6. The third-order valence-electron chi connectivity index (χ3n) is 4.35. The molecule has 0 aliphatic rings. The molecule has 3 aromatic rings. The molecular weight excluding hydrogens is 475 g/mol. The van der Waals surface area contributed by atoms with Gasteiger partial charge in [0.15, 0.2) is 0 Å². The second-order valence-corrected chi connectivity index (χ2v) is 10.9. The Morgan fingerprint density at radius 3 is 2.41 bits per heavy atom. The molecule has 0 saturated heterocycles. The molecule has 0 fully saturated rings. The first-order valence-electron chi connectivity index (χ1n) is 10.2. The monoisotopic (exact) mass is 500 g/mol. The molecule has 10 heteroatoms. The summed E-state index contributed by atoms with van der Waals surface area (Å²) in [4.78, 5) is 44.6. The maximum atomic E-state index is 12.6. The van der Waals surface area contributed by atoms with Crippen molar-refractivity contribution in [1.29, 1.82) is 0 Å². The predicted octanol–water partition coefficient (Wildman–Crippen LogP) is 5.22. The Kier molecular flexibility index (Phi) is 7.74. The minimum absolute atomic E-state index is 0.137. The van der Waals surface area contributed by atoms with Crippen LogP contribution in [-0.4, -0.2) is 27.4 Å². The van der Waals surface area contributed by atoms with Crippen molar-refractivity contribution in [2.24, 2.45) is 0 Å². The van der Waals surface area contributed by atoms with Crippen LogP contribution in [0.3, 0.4) is 0 Å². The predicted molar refractivity (Wildman–Crippen MR) is 135 cm³/mol. The van der Waals surface area contributed by atoms with Crippen LogP contribution in [0.5, 0.6) is 0 Å². The molecule has 3 rings (SSSR count). The van der Waals surface area contributed by atoms with E-state index in [0.717, 1.165) is 10.4 Å². The molecule has 1 aromatic heterocycles. The Morgan fingerprint density at radius 1 is 1.00 bits per heavy atom. The van der Waals surface area contributed by atoms with Gasteiger partial charge in [0.25, 0.3) is 0 Å². The Balaban J connectivity index is 1.83. The van der Waals surface area contributed by atoms with Gasteiger partial charge in [0, 0.05) is 11.0 Å². The van der Waals surface area contributed by atoms with Gasteiger partial charge in [-0.05, 0) is 73.7 Å². The van der Waals surface area contributed by atoms with E-state index in [2.05, 4.69) is 10.6 Å². The van der Waals surface area contributed by atoms with Gasteiger partial charge in [0.1, 0.15) is 5.60 Å². The summed E-state index contributed by atoms with van der Waals surface area (Å²) in [6.07, 6.45) is 2.03. The van der Waals surface area contributed by atoms with Crippen LogP contribution in [0.25, 0.3) is 16.5 Å². The molecule has 4 N–H and O–H groups in total. The van der Waals surface area contributed by atoms with Crippen molar-refractivity contribution in [3.05, 3.63) is 71.6 Å². The van der Waals surface area contributed by atoms with Crippen molar-refractivity contribution in [2.75, 3.05) is 10.6 Å². The molecule has 2 aromatic carbocycles. The lowest BCUT2D eigenvalue weighted by Crippen LogP contribution is -2.27. The lowest BCUT2D eigenvalue weighted by Gasteiger charge is -2.20. The van der Waals surface area contributed by atoms with E-state index in [4.69, 9.17) is 4.74 Å². The smallest absolute Gasteiger partial charge is 0.412 e. The number of hydrogen-bond acceptors (Lipinski definition) is 5. The van der Waals surface area contributed by atoms with Gasteiger partial charge < -0.3 is 19.8 Å². The lowest BCUT2D eigenvalue weighted by molar-refractivity contribution is -0.111. The van der Waals surface area contributed by atoms with Crippen LogP contribution in [0.4, 0.5) is 16.2 Å². The summed E-state index contributed by atoms with van der Waals surface area (Å²) in [6, 6.07) is 14.9. The highest BCUT2D eigenvalue weighted by Gasteiger charge is 2.19. The largest absolute Gasteiger partial charge is 0.444 e. The fourth-order valence-corrected chi connectivity index (χ4v) is 4.24. The highest BCUT2D eigenvalue weighted by atomic mass is 32.1. The Bertz CT molecular complexity index is 1260. The van der Waals surface area contributed by atoms with Gasteiger partial charge in [0.2, 0.25) is 5.91 Å². The minimum atomic E-state index is -4.40. The molecule has 34 heavy (non-hydrogen) atoms. The summed E-state index contributed by atoms with van der Waals surface area (Å²) in [5, 5.41) is 7.21. The Hall–Kier alpha value is -3.23. The van der Waals surface area contributed by atoms with Gasteiger partial charge in [0.05, 0.1) is 16.7 Å². The zero-order chi connectivity index (χ0) is 24.9. The molecule has 2 amide bonds. The summed E-state index contributed by atoms with van der Waals surface area (Å²) in [5.74, 6) is -0.489.